The Morgan fingerprint density at radius 1 is 1.41 bits per heavy atom. The van der Waals surface area contributed by atoms with Gasteiger partial charge in [0.2, 0.25) is 5.95 Å². The van der Waals surface area contributed by atoms with Crippen molar-refractivity contribution in [3.63, 3.8) is 0 Å². The minimum Gasteiger partial charge on any atom is -0.466 e. The maximum Gasteiger partial charge on any atom is 0.330 e. The van der Waals surface area contributed by atoms with Crippen molar-refractivity contribution in [2.75, 3.05) is 21.2 Å². The zero-order chi connectivity index (χ0) is 16.1. The largest absolute Gasteiger partial charge is 0.466 e. The Hall–Kier alpha value is -3.10. The first-order chi connectivity index (χ1) is 10.5. The Kier molecular flexibility index (Phi) is 4.57. The maximum atomic E-state index is 12.0. The summed E-state index contributed by atoms with van der Waals surface area (Å²) in [6.07, 6.45) is 5.49. The van der Waals surface area contributed by atoms with Gasteiger partial charge in [0.15, 0.2) is 11.2 Å². The van der Waals surface area contributed by atoms with Crippen molar-refractivity contribution >= 4 is 35.5 Å². The molecule has 0 bridgehead atoms. The lowest BCUT2D eigenvalue weighted by molar-refractivity contribution is -0.134. The average Bonchev–Trinajstić information content (AvgIpc) is 2.50. The summed E-state index contributed by atoms with van der Waals surface area (Å²) in [5.74, 6) is -0.388. The number of hydrogen-bond donors (Lipinski definition) is 1. The quantitative estimate of drug-likeness (QED) is 0.369. The molecule has 2 aromatic heterocycles. The van der Waals surface area contributed by atoms with Gasteiger partial charge in [-0.05, 0) is 6.08 Å². The number of carbonyl (C=O) groups is 1. The summed E-state index contributed by atoms with van der Waals surface area (Å²) in [6.45, 7) is 0. The zero-order valence-corrected chi connectivity index (χ0v) is 12.3. The molecule has 0 aliphatic heterocycles. The van der Waals surface area contributed by atoms with Crippen molar-refractivity contribution in [1.82, 2.24) is 24.8 Å². The topological polar surface area (TPSA) is 113 Å². The SMILES string of the molecule is COC(=O)/C=C/c1cnc2nc(/N=C/N(C)C)[nH]c(=O)c2n1. The van der Waals surface area contributed by atoms with Crippen LogP contribution in [-0.2, 0) is 9.53 Å². The number of aromatic amines is 1. The number of carbonyl (C=O) groups excluding carboxylic acids is 1. The van der Waals surface area contributed by atoms with Gasteiger partial charge in [0.05, 0.1) is 25.3 Å². The van der Waals surface area contributed by atoms with E-state index in [4.69, 9.17) is 0 Å². The van der Waals surface area contributed by atoms with Crippen molar-refractivity contribution in [3.05, 3.63) is 28.3 Å². The van der Waals surface area contributed by atoms with Gasteiger partial charge in [-0.15, -0.1) is 0 Å². The number of hydrogen-bond acceptors (Lipinski definition) is 7. The van der Waals surface area contributed by atoms with E-state index in [0.29, 0.717) is 5.69 Å². The molecule has 0 atom stereocenters. The van der Waals surface area contributed by atoms with E-state index in [9.17, 15) is 9.59 Å². The summed E-state index contributed by atoms with van der Waals surface area (Å²) in [5.41, 5.74) is 0.118. The van der Waals surface area contributed by atoms with Gasteiger partial charge >= 0.3 is 5.97 Å². The lowest BCUT2D eigenvalue weighted by atomic mass is 10.3. The number of nitrogens with one attached hydrogen (secondary N) is 1. The summed E-state index contributed by atoms with van der Waals surface area (Å²) >= 11 is 0. The van der Waals surface area contributed by atoms with Crippen LogP contribution >= 0.6 is 0 Å². The maximum absolute atomic E-state index is 12.0. The number of methoxy groups -OCH3 is 1. The molecule has 2 aromatic rings. The molecule has 0 spiro atoms. The number of fused-ring (bicyclic) bond motifs is 1. The van der Waals surface area contributed by atoms with Gasteiger partial charge < -0.3 is 9.64 Å². The lowest BCUT2D eigenvalue weighted by Crippen LogP contribution is -2.12. The number of esters is 1. The van der Waals surface area contributed by atoms with Crippen LogP contribution in [0, 0.1) is 0 Å². The van der Waals surface area contributed by atoms with Gasteiger partial charge in [-0.25, -0.2) is 19.8 Å². The molecule has 1 N–H and O–H groups in total. The number of H-pyrrole nitrogens is 1. The van der Waals surface area contributed by atoms with Crippen LogP contribution < -0.4 is 5.56 Å². The van der Waals surface area contributed by atoms with Crippen LogP contribution in [0.1, 0.15) is 5.69 Å². The van der Waals surface area contributed by atoms with E-state index in [1.165, 1.54) is 31.8 Å². The second-order valence-electron chi connectivity index (χ2n) is 4.42. The Labute approximate surface area is 125 Å². The van der Waals surface area contributed by atoms with Crippen molar-refractivity contribution in [1.29, 1.82) is 0 Å². The van der Waals surface area contributed by atoms with Crippen LogP contribution in [0.2, 0.25) is 0 Å². The number of nitrogens with zero attached hydrogens (tertiary/aromatic N) is 5. The summed E-state index contributed by atoms with van der Waals surface area (Å²) in [5, 5.41) is 0. The molecule has 0 aliphatic rings. The lowest BCUT2D eigenvalue weighted by Gasteiger charge is -2.02. The smallest absolute Gasteiger partial charge is 0.330 e. The van der Waals surface area contributed by atoms with E-state index in [0.717, 1.165) is 0 Å². The number of aromatic nitrogens is 4. The predicted octanol–water partition coefficient (Wildman–Crippen LogP) is 0.121. The van der Waals surface area contributed by atoms with Gasteiger partial charge in [0.1, 0.15) is 0 Å². The normalized spacial score (nSPS) is 11.4. The highest BCUT2D eigenvalue weighted by molar-refractivity contribution is 5.86. The molecule has 0 saturated heterocycles. The molecule has 0 amide bonds. The highest BCUT2D eigenvalue weighted by Crippen LogP contribution is 2.07. The molecule has 0 fully saturated rings. The highest BCUT2D eigenvalue weighted by atomic mass is 16.5. The molecule has 0 aromatic carbocycles. The first kappa shape index (κ1) is 15.3. The van der Waals surface area contributed by atoms with E-state index < -0.39 is 11.5 Å². The van der Waals surface area contributed by atoms with Gasteiger partial charge in [-0.2, -0.15) is 4.98 Å². The molecule has 114 valence electrons. The van der Waals surface area contributed by atoms with Crippen LogP contribution in [0.4, 0.5) is 5.95 Å². The average molecular weight is 302 g/mol. The molecule has 0 saturated carbocycles. The molecule has 2 heterocycles. The van der Waals surface area contributed by atoms with Crippen molar-refractivity contribution < 1.29 is 9.53 Å². The Balaban J connectivity index is 2.40. The second kappa shape index (κ2) is 6.57. The zero-order valence-electron chi connectivity index (χ0n) is 12.3. The third kappa shape index (κ3) is 3.72. The van der Waals surface area contributed by atoms with Crippen LogP contribution in [0.15, 0.2) is 22.1 Å². The fraction of sp³-hybridized carbons (Fsp3) is 0.231. The standard InChI is InChI=1S/C13H14N6O3/c1-19(2)7-15-13-17-11-10(12(21)18-13)16-8(6-14-11)4-5-9(20)22-3/h4-7H,1-3H3,(H,14,17,18,21)/b5-4+,15-7+. The van der Waals surface area contributed by atoms with Gasteiger partial charge in [-0.3, -0.25) is 9.78 Å². The fourth-order valence-corrected chi connectivity index (χ4v) is 1.45. The minimum atomic E-state index is -0.526. The van der Waals surface area contributed by atoms with Gasteiger partial charge in [0, 0.05) is 20.2 Å². The van der Waals surface area contributed by atoms with E-state index in [1.807, 2.05) is 0 Å². The number of aliphatic imine (C=N–C) groups is 1. The van der Waals surface area contributed by atoms with Crippen LogP contribution in [0.5, 0.6) is 0 Å². The Bertz CT molecular complexity index is 809. The number of ether oxygens (including phenoxy) is 1. The van der Waals surface area contributed by atoms with Crippen LogP contribution in [0.25, 0.3) is 17.2 Å². The summed E-state index contributed by atoms with van der Waals surface area (Å²) in [6, 6.07) is 0. The molecular formula is C13H14N6O3. The first-order valence-electron chi connectivity index (χ1n) is 6.23. The van der Waals surface area contributed by atoms with E-state index in [1.54, 1.807) is 19.0 Å². The third-order valence-electron chi connectivity index (χ3n) is 2.43. The molecular weight excluding hydrogens is 288 g/mol. The van der Waals surface area contributed by atoms with E-state index in [-0.39, 0.29) is 17.1 Å². The number of rotatable bonds is 4. The third-order valence-corrected chi connectivity index (χ3v) is 2.43. The van der Waals surface area contributed by atoms with Crippen molar-refractivity contribution in [3.8, 4) is 0 Å². The molecule has 9 heteroatoms. The van der Waals surface area contributed by atoms with E-state index in [2.05, 4.69) is 29.7 Å². The highest BCUT2D eigenvalue weighted by Gasteiger charge is 2.06. The first-order valence-corrected chi connectivity index (χ1v) is 6.23. The van der Waals surface area contributed by atoms with E-state index >= 15 is 0 Å². The summed E-state index contributed by atoms with van der Waals surface area (Å²) in [7, 11) is 4.86. The van der Waals surface area contributed by atoms with Gasteiger partial charge in [0.25, 0.3) is 5.56 Å². The summed E-state index contributed by atoms with van der Waals surface area (Å²) < 4.78 is 4.47. The molecule has 2 rings (SSSR count). The molecule has 9 nitrogen and oxygen atoms in total. The molecule has 0 unspecified atom stereocenters. The second-order valence-corrected chi connectivity index (χ2v) is 4.42. The Morgan fingerprint density at radius 2 is 2.18 bits per heavy atom. The van der Waals surface area contributed by atoms with Gasteiger partial charge in [-0.1, -0.05) is 0 Å². The molecule has 0 aliphatic carbocycles. The summed E-state index contributed by atoms with van der Waals surface area (Å²) in [4.78, 5) is 43.5. The monoisotopic (exact) mass is 302 g/mol. The predicted molar refractivity (Wildman–Crippen MR) is 80.8 cm³/mol. The van der Waals surface area contributed by atoms with Crippen LogP contribution in [0.3, 0.4) is 0 Å². The fourth-order valence-electron chi connectivity index (χ4n) is 1.45. The molecule has 22 heavy (non-hydrogen) atoms. The molecule has 0 radical (unpaired) electrons. The van der Waals surface area contributed by atoms with Crippen molar-refractivity contribution in [2.45, 2.75) is 0 Å². The Morgan fingerprint density at radius 3 is 2.86 bits per heavy atom. The minimum absolute atomic E-state index is 0.0656. The van der Waals surface area contributed by atoms with Crippen molar-refractivity contribution in [2.24, 2.45) is 4.99 Å². The van der Waals surface area contributed by atoms with Crippen LogP contribution in [-0.4, -0.2) is 58.3 Å².